The number of hydrogen-bond acceptors (Lipinski definition) is 9. The van der Waals surface area contributed by atoms with Crippen molar-refractivity contribution in [2.24, 2.45) is 5.73 Å². The van der Waals surface area contributed by atoms with Crippen LogP contribution in [0.5, 0.6) is 0 Å². The van der Waals surface area contributed by atoms with Crippen LogP contribution in [-0.2, 0) is 29.1 Å². The normalized spacial score (nSPS) is 18.7. The number of sulfonamides is 1. The summed E-state index contributed by atoms with van der Waals surface area (Å²) in [6.07, 6.45) is 2.59. The molecule has 0 radical (unpaired) electrons. The number of nitriles is 1. The summed E-state index contributed by atoms with van der Waals surface area (Å²) in [6, 6.07) is 16.5. The van der Waals surface area contributed by atoms with Gasteiger partial charge in [-0.3, -0.25) is 4.90 Å². The Hall–Kier alpha value is -4.14. The van der Waals surface area contributed by atoms with Crippen LogP contribution in [0.4, 0.5) is 5.69 Å². The van der Waals surface area contributed by atoms with Crippen LogP contribution in [0.1, 0.15) is 30.7 Å². The minimum absolute atomic E-state index is 0.0225. The first-order valence-electron chi connectivity index (χ1n) is 12.0. The van der Waals surface area contributed by atoms with Gasteiger partial charge in [0.1, 0.15) is 11.5 Å². The molecule has 2 aromatic carbocycles. The van der Waals surface area contributed by atoms with E-state index in [0.29, 0.717) is 18.7 Å². The molecule has 2 heterocycles. The van der Waals surface area contributed by atoms with Crippen LogP contribution in [0.2, 0.25) is 0 Å². The van der Waals surface area contributed by atoms with Crippen LogP contribution < -0.4 is 10.6 Å². The minimum atomic E-state index is -3.70. The fourth-order valence-electron chi connectivity index (χ4n) is 4.80. The standard InChI is InChI=1S/C27H28N4O6S/c1-36-26(32)23-22(18-9-5-3-6-10-18)21(17-28)25(29)31(24(23)27(33)37-2)19-11-13-20(14-12-19)38(34,35)30-15-7-4-8-16-30/h3,5-6,9-14,22H,4,7-8,15-16,29H2,1-2H3. The van der Waals surface area contributed by atoms with Gasteiger partial charge in [-0.25, -0.2) is 18.0 Å². The lowest BCUT2D eigenvalue weighted by atomic mass is 9.81. The molecule has 1 unspecified atom stereocenters. The number of methoxy groups -OCH3 is 2. The molecule has 0 bridgehead atoms. The molecule has 0 saturated carbocycles. The quantitative estimate of drug-likeness (QED) is 0.551. The molecule has 0 aliphatic carbocycles. The van der Waals surface area contributed by atoms with E-state index in [0.717, 1.165) is 26.4 Å². The third-order valence-electron chi connectivity index (χ3n) is 6.66. The third kappa shape index (κ3) is 4.76. The molecule has 2 aliphatic rings. The van der Waals surface area contributed by atoms with Crippen molar-refractivity contribution in [3.63, 3.8) is 0 Å². The Morgan fingerprint density at radius 1 is 0.947 bits per heavy atom. The first-order chi connectivity index (χ1) is 18.3. The van der Waals surface area contributed by atoms with Crippen LogP contribution in [0.3, 0.4) is 0 Å². The Bertz CT molecular complexity index is 1440. The lowest BCUT2D eigenvalue weighted by Crippen LogP contribution is -2.40. The van der Waals surface area contributed by atoms with Gasteiger partial charge in [0.15, 0.2) is 0 Å². The van der Waals surface area contributed by atoms with E-state index in [4.69, 9.17) is 15.2 Å². The van der Waals surface area contributed by atoms with Gasteiger partial charge in [-0.05, 0) is 42.7 Å². The molecular formula is C27H28N4O6S. The van der Waals surface area contributed by atoms with E-state index in [-0.39, 0.29) is 33.2 Å². The van der Waals surface area contributed by atoms with Gasteiger partial charge in [0, 0.05) is 18.8 Å². The summed E-state index contributed by atoms with van der Waals surface area (Å²) in [5.41, 5.74) is 6.97. The molecule has 2 N–H and O–H groups in total. The highest BCUT2D eigenvalue weighted by molar-refractivity contribution is 7.89. The zero-order valence-electron chi connectivity index (χ0n) is 21.1. The number of allylic oxidation sites excluding steroid dienone is 1. The molecule has 198 valence electrons. The fraction of sp³-hybridized carbons (Fsp3) is 0.296. The molecule has 2 aliphatic heterocycles. The third-order valence-corrected chi connectivity index (χ3v) is 8.57. The van der Waals surface area contributed by atoms with E-state index >= 15 is 0 Å². The van der Waals surface area contributed by atoms with E-state index in [1.165, 1.54) is 40.6 Å². The number of piperidine rings is 1. The number of esters is 2. The second kappa shape index (κ2) is 11.1. The molecule has 1 atom stereocenters. The Labute approximate surface area is 221 Å². The lowest BCUT2D eigenvalue weighted by molar-refractivity contribution is -0.139. The van der Waals surface area contributed by atoms with Crippen molar-refractivity contribution in [3.8, 4) is 6.07 Å². The molecule has 4 rings (SSSR count). The maximum absolute atomic E-state index is 13.1. The summed E-state index contributed by atoms with van der Waals surface area (Å²) in [6.45, 7) is 0.909. The number of nitrogens with zero attached hydrogens (tertiary/aromatic N) is 3. The SMILES string of the molecule is COC(=O)C1=C(C(=O)OC)N(c2ccc(S(=O)(=O)N3CCCCC3)cc2)C(N)=C(C#N)C1c1ccccc1. The lowest BCUT2D eigenvalue weighted by Gasteiger charge is -2.36. The molecule has 11 heteroatoms. The summed E-state index contributed by atoms with van der Waals surface area (Å²) < 4.78 is 37.7. The zero-order chi connectivity index (χ0) is 27.4. The molecule has 0 spiro atoms. The van der Waals surface area contributed by atoms with E-state index < -0.39 is 27.9 Å². The van der Waals surface area contributed by atoms with Crippen molar-refractivity contribution in [2.75, 3.05) is 32.2 Å². The van der Waals surface area contributed by atoms with E-state index in [1.54, 1.807) is 30.3 Å². The first-order valence-corrected chi connectivity index (χ1v) is 13.5. The van der Waals surface area contributed by atoms with Crippen molar-refractivity contribution < 1.29 is 27.5 Å². The van der Waals surface area contributed by atoms with E-state index in [9.17, 15) is 23.3 Å². The highest BCUT2D eigenvalue weighted by Crippen LogP contribution is 2.43. The van der Waals surface area contributed by atoms with Crippen LogP contribution in [-0.4, -0.2) is 52.0 Å². The topological polar surface area (TPSA) is 143 Å². The van der Waals surface area contributed by atoms with Gasteiger partial charge in [-0.1, -0.05) is 36.8 Å². The Balaban J connectivity index is 1.89. The summed E-state index contributed by atoms with van der Waals surface area (Å²) in [7, 11) is -1.37. The van der Waals surface area contributed by atoms with Gasteiger partial charge in [0.05, 0.1) is 42.2 Å². The maximum Gasteiger partial charge on any atom is 0.355 e. The van der Waals surface area contributed by atoms with Crippen molar-refractivity contribution >= 4 is 27.6 Å². The number of hydrogen-bond donors (Lipinski definition) is 1. The number of benzene rings is 2. The van der Waals surface area contributed by atoms with Gasteiger partial charge < -0.3 is 15.2 Å². The fourth-order valence-corrected chi connectivity index (χ4v) is 6.32. The second-order valence-corrected chi connectivity index (χ2v) is 10.7. The number of nitrogens with two attached hydrogens (primary N) is 1. The molecule has 1 fully saturated rings. The van der Waals surface area contributed by atoms with Crippen LogP contribution in [0.15, 0.2) is 82.2 Å². The molecule has 0 aromatic heterocycles. The zero-order valence-corrected chi connectivity index (χ0v) is 21.9. The highest BCUT2D eigenvalue weighted by Gasteiger charge is 2.43. The Kier molecular flexibility index (Phi) is 7.85. The van der Waals surface area contributed by atoms with Crippen molar-refractivity contribution in [1.29, 1.82) is 5.26 Å². The van der Waals surface area contributed by atoms with Crippen LogP contribution in [0, 0.1) is 11.3 Å². The number of carbonyl (C=O) groups is 2. The molecule has 1 saturated heterocycles. The first kappa shape index (κ1) is 26.9. The summed E-state index contributed by atoms with van der Waals surface area (Å²) >= 11 is 0. The smallest absolute Gasteiger partial charge is 0.355 e. The molecule has 38 heavy (non-hydrogen) atoms. The van der Waals surface area contributed by atoms with Gasteiger partial charge >= 0.3 is 11.9 Å². The van der Waals surface area contributed by atoms with E-state index in [1.807, 2.05) is 0 Å². The van der Waals surface area contributed by atoms with Gasteiger partial charge in [0.2, 0.25) is 10.0 Å². The summed E-state index contributed by atoms with van der Waals surface area (Å²) in [5, 5.41) is 10.1. The van der Waals surface area contributed by atoms with Crippen LogP contribution in [0.25, 0.3) is 0 Å². The number of rotatable bonds is 6. The predicted octanol–water partition coefficient (Wildman–Crippen LogP) is 2.76. The van der Waals surface area contributed by atoms with Crippen molar-refractivity contribution in [3.05, 3.63) is 82.8 Å². The maximum atomic E-state index is 13.1. The molecular weight excluding hydrogens is 508 g/mol. The second-order valence-electron chi connectivity index (χ2n) is 8.79. The van der Waals surface area contributed by atoms with E-state index in [2.05, 4.69) is 6.07 Å². The van der Waals surface area contributed by atoms with Crippen LogP contribution >= 0.6 is 0 Å². The predicted molar refractivity (Wildman–Crippen MR) is 139 cm³/mol. The average molecular weight is 537 g/mol. The minimum Gasteiger partial charge on any atom is -0.466 e. The molecule has 2 aromatic rings. The largest absolute Gasteiger partial charge is 0.466 e. The van der Waals surface area contributed by atoms with Gasteiger partial charge in [-0.2, -0.15) is 9.57 Å². The number of carbonyl (C=O) groups excluding carboxylic acids is 2. The highest BCUT2D eigenvalue weighted by atomic mass is 32.2. The summed E-state index contributed by atoms with van der Waals surface area (Å²) in [4.78, 5) is 27.6. The molecule has 10 nitrogen and oxygen atoms in total. The van der Waals surface area contributed by atoms with Crippen molar-refractivity contribution in [2.45, 2.75) is 30.1 Å². The number of ether oxygens (including phenoxy) is 2. The molecule has 0 amide bonds. The Morgan fingerprint density at radius 3 is 2.11 bits per heavy atom. The number of anilines is 1. The van der Waals surface area contributed by atoms with Crippen molar-refractivity contribution in [1.82, 2.24) is 4.31 Å². The monoisotopic (exact) mass is 536 g/mol. The Morgan fingerprint density at radius 2 is 1.55 bits per heavy atom. The van der Waals surface area contributed by atoms with Gasteiger partial charge in [0.25, 0.3) is 0 Å². The van der Waals surface area contributed by atoms with Gasteiger partial charge in [-0.15, -0.1) is 0 Å². The summed E-state index contributed by atoms with van der Waals surface area (Å²) in [5.74, 6) is -2.80. The average Bonchev–Trinajstić information content (AvgIpc) is 2.96.